The molecule has 0 saturated heterocycles. The van der Waals surface area contributed by atoms with E-state index in [0.29, 0.717) is 11.5 Å². The van der Waals surface area contributed by atoms with Crippen LogP contribution in [-0.4, -0.2) is 15.6 Å². The van der Waals surface area contributed by atoms with Gasteiger partial charge in [0.15, 0.2) is 10.9 Å². The standard InChI is InChI=1S/C22H34O2S/c1-7-8-9-10-11-12-14-18(2)15-13-16-19(3)20(23)17-21(24)25-22(4,5)6/h7-12,16,18H,13-15,17H2,1-6H3/b8-7+,10-9+,12-11+,19-16+/t18-/m0/s1. The molecule has 25 heavy (non-hydrogen) atoms. The van der Waals surface area contributed by atoms with Crippen molar-refractivity contribution in [2.24, 2.45) is 5.92 Å². The zero-order valence-corrected chi connectivity index (χ0v) is 17.5. The number of rotatable bonds is 10. The minimum atomic E-state index is -0.139. The fourth-order valence-electron chi connectivity index (χ4n) is 2.09. The smallest absolute Gasteiger partial charge is 0.197 e. The monoisotopic (exact) mass is 362 g/mol. The first-order valence-electron chi connectivity index (χ1n) is 9.02. The molecule has 3 heteroatoms. The minimum absolute atomic E-state index is 0.00109. The van der Waals surface area contributed by atoms with Crippen molar-refractivity contribution in [2.75, 3.05) is 0 Å². The van der Waals surface area contributed by atoms with Crippen LogP contribution in [0.15, 0.2) is 48.1 Å². The fraction of sp³-hybridized carbons (Fsp3) is 0.545. The average Bonchev–Trinajstić information content (AvgIpc) is 2.48. The van der Waals surface area contributed by atoms with E-state index in [4.69, 9.17) is 0 Å². The summed E-state index contributed by atoms with van der Waals surface area (Å²) in [5.74, 6) is 0.520. The maximum atomic E-state index is 12.1. The van der Waals surface area contributed by atoms with Gasteiger partial charge in [-0.2, -0.15) is 0 Å². The Hall–Kier alpha value is -1.35. The van der Waals surface area contributed by atoms with E-state index >= 15 is 0 Å². The van der Waals surface area contributed by atoms with Gasteiger partial charge in [0.1, 0.15) is 0 Å². The molecule has 0 unspecified atom stereocenters. The van der Waals surface area contributed by atoms with Crippen molar-refractivity contribution in [3.63, 3.8) is 0 Å². The first-order valence-corrected chi connectivity index (χ1v) is 9.83. The van der Waals surface area contributed by atoms with E-state index < -0.39 is 0 Å². The lowest BCUT2D eigenvalue weighted by molar-refractivity contribution is -0.120. The van der Waals surface area contributed by atoms with Gasteiger partial charge in [0, 0.05) is 4.75 Å². The Morgan fingerprint density at radius 2 is 1.72 bits per heavy atom. The first kappa shape index (κ1) is 23.6. The molecule has 0 radical (unpaired) electrons. The lowest BCUT2D eigenvalue weighted by Gasteiger charge is -2.15. The largest absolute Gasteiger partial charge is 0.294 e. The van der Waals surface area contributed by atoms with Crippen LogP contribution in [0, 0.1) is 5.92 Å². The molecule has 0 aromatic heterocycles. The fourth-order valence-corrected chi connectivity index (χ4v) is 2.98. The summed E-state index contributed by atoms with van der Waals surface area (Å²) in [6.45, 7) is 12.0. The van der Waals surface area contributed by atoms with Gasteiger partial charge >= 0.3 is 0 Å². The molecular formula is C22H34O2S. The Labute approximate surface area is 158 Å². The molecule has 2 nitrogen and oxygen atoms in total. The predicted molar refractivity (Wildman–Crippen MR) is 112 cm³/mol. The molecule has 0 heterocycles. The molecule has 0 aliphatic heterocycles. The number of ketones is 1. The Balaban J connectivity index is 4.17. The topological polar surface area (TPSA) is 34.1 Å². The molecule has 0 fully saturated rings. The number of hydrogen-bond donors (Lipinski definition) is 0. The molecule has 0 amide bonds. The SMILES string of the molecule is C/C=C/C=C/C=C/C[C@H](C)CC/C=C(\C)C(=O)CC(=O)SC(C)(C)C. The zero-order valence-electron chi connectivity index (χ0n) is 16.7. The van der Waals surface area contributed by atoms with Gasteiger partial charge in [-0.3, -0.25) is 9.59 Å². The number of Topliss-reactive ketones (excluding diaryl/α,β-unsaturated/α-hetero) is 1. The number of thioether (sulfide) groups is 1. The van der Waals surface area contributed by atoms with Crippen molar-refractivity contribution in [2.45, 2.75) is 72.0 Å². The van der Waals surface area contributed by atoms with E-state index in [9.17, 15) is 9.59 Å². The second-order valence-electron chi connectivity index (χ2n) is 7.33. The molecule has 1 atom stereocenters. The highest BCUT2D eigenvalue weighted by molar-refractivity contribution is 8.14. The van der Waals surface area contributed by atoms with Gasteiger partial charge in [-0.05, 0) is 44.6 Å². The summed E-state index contributed by atoms with van der Waals surface area (Å²) in [7, 11) is 0. The van der Waals surface area contributed by atoms with E-state index in [0.717, 1.165) is 19.3 Å². The summed E-state index contributed by atoms with van der Waals surface area (Å²) < 4.78 is -0.139. The van der Waals surface area contributed by atoms with Crippen molar-refractivity contribution in [1.29, 1.82) is 0 Å². The lowest BCUT2D eigenvalue weighted by Crippen LogP contribution is -2.14. The predicted octanol–water partition coefficient (Wildman–Crippen LogP) is 6.45. The average molecular weight is 363 g/mol. The maximum absolute atomic E-state index is 12.1. The van der Waals surface area contributed by atoms with E-state index in [1.54, 1.807) is 0 Å². The highest BCUT2D eigenvalue weighted by Gasteiger charge is 2.19. The van der Waals surface area contributed by atoms with Crippen molar-refractivity contribution in [3.05, 3.63) is 48.1 Å². The van der Waals surface area contributed by atoms with Crippen LogP contribution in [0.2, 0.25) is 0 Å². The normalized spacial score (nSPS) is 14.7. The molecule has 0 saturated carbocycles. The summed E-state index contributed by atoms with van der Waals surface area (Å²) in [4.78, 5) is 24.0. The maximum Gasteiger partial charge on any atom is 0.197 e. The molecule has 0 aromatic carbocycles. The summed E-state index contributed by atoms with van der Waals surface area (Å²) in [5.41, 5.74) is 0.708. The molecule has 0 N–H and O–H groups in total. The Bertz CT molecular complexity index is 531. The minimum Gasteiger partial charge on any atom is -0.294 e. The van der Waals surface area contributed by atoms with Crippen molar-refractivity contribution >= 4 is 22.7 Å². The number of allylic oxidation sites excluding steroid dienone is 8. The van der Waals surface area contributed by atoms with Crippen LogP contribution in [0.4, 0.5) is 0 Å². The van der Waals surface area contributed by atoms with E-state index in [2.05, 4.69) is 19.1 Å². The van der Waals surface area contributed by atoms with Gasteiger partial charge in [-0.15, -0.1) is 0 Å². The quantitative estimate of drug-likeness (QED) is 0.254. The van der Waals surface area contributed by atoms with Crippen LogP contribution in [-0.2, 0) is 9.59 Å². The van der Waals surface area contributed by atoms with Gasteiger partial charge in [0.05, 0.1) is 6.42 Å². The Morgan fingerprint density at radius 1 is 1.08 bits per heavy atom. The summed E-state index contributed by atoms with van der Waals surface area (Å²) in [6.07, 6.45) is 17.2. The van der Waals surface area contributed by atoms with Crippen molar-refractivity contribution in [1.82, 2.24) is 0 Å². The number of hydrogen-bond acceptors (Lipinski definition) is 3. The molecule has 140 valence electrons. The van der Waals surface area contributed by atoms with Crippen molar-refractivity contribution < 1.29 is 9.59 Å². The number of carbonyl (C=O) groups excluding carboxylic acids is 2. The summed E-state index contributed by atoms with van der Waals surface area (Å²) in [5, 5.41) is -0.0465. The van der Waals surface area contributed by atoms with Gasteiger partial charge in [-0.1, -0.05) is 82.0 Å². The number of carbonyl (C=O) groups is 2. The molecule has 0 aliphatic carbocycles. The Kier molecular flexibility index (Phi) is 12.2. The van der Waals surface area contributed by atoms with E-state index in [1.165, 1.54) is 11.8 Å². The van der Waals surface area contributed by atoms with Crippen LogP contribution >= 0.6 is 11.8 Å². The van der Waals surface area contributed by atoms with Gasteiger partial charge in [-0.25, -0.2) is 0 Å². The molecule has 0 aromatic rings. The third-order valence-corrected chi connectivity index (χ3v) is 4.46. The van der Waals surface area contributed by atoms with Crippen molar-refractivity contribution in [3.8, 4) is 0 Å². The van der Waals surface area contributed by atoms with Crippen LogP contribution in [0.1, 0.15) is 67.2 Å². The lowest BCUT2D eigenvalue weighted by atomic mass is 10.00. The van der Waals surface area contributed by atoms with Crippen LogP contribution in [0.5, 0.6) is 0 Å². The van der Waals surface area contributed by atoms with Crippen LogP contribution in [0.25, 0.3) is 0 Å². The highest BCUT2D eigenvalue weighted by atomic mass is 32.2. The molecule has 0 spiro atoms. The second kappa shape index (κ2) is 12.9. The molecule has 0 rings (SSSR count). The Morgan fingerprint density at radius 3 is 2.32 bits per heavy atom. The van der Waals surface area contributed by atoms with Gasteiger partial charge in [0.2, 0.25) is 0 Å². The first-order chi connectivity index (χ1) is 11.7. The van der Waals surface area contributed by atoms with Gasteiger partial charge < -0.3 is 0 Å². The summed E-state index contributed by atoms with van der Waals surface area (Å²) >= 11 is 1.24. The third-order valence-electron chi connectivity index (χ3n) is 3.48. The zero-order chi connectivity index (χ0) is 19.3. The van der Waals surface area contributed by atoms with Crippen LogP contribution in [0.3, 0.4) is 0 Å². The van der Waals surface area contributed by atoms with Gasteiger partial charge in [0.25, 0.3) is 0 Å². The molecular weight excluding hydrogens is 328 g/mol. The second-order valence-corrected chi connectivity index (χ2v) is 9.21. The van der Waals surface area contributed by atoms with E-state index in [1.807, 2.05) is 65.0 Å². The van der Waals surface area contributed by atoms with Crippen LogP contribution < -0.4 is 0 Å². The molecule has 0 aliphatic rings. The third kappa shape index (κ3) is 14.7. The molecule has 0 bridgehead atoms. The van der Waals surface area contributed by atoms with E-state index in [-0.39, 0.29) is 22.1 Å². The highest BCUT2D eigenvalue weighted by Crippen LogP contribution is 2.25. The summed E-state index contributed by atoms with van der Waals surface area (Å²) in [6, 6.07) is 0.